The maximum Gasteiger partial charge on any atom is 0.338 e. The molecule has 30 nitrogen and oxygen atoms in total. The normalized spacial score (nSPS) is 33.0. The predicted molar refractivity (Wildman–Crippen MR) is 314 cm³/mol. The minimum Gasteiger partial charge on any atom is -0.463 e. The number of carbonyl (C=O) groups is 8. The van der Waals surface area contributed by atoms with E-state index in [1.54, 1.807) is 109 Å². The number of fused-ring (bicyclic) bond motifs is 2. The smallest absolute Gasteiger partial charge is 0.338 e. The number of aliphatic hydroxyl groups is 2. The summed E-state index contributed by atoms with van der Waals surface area (Å²) in [5, 5.41) is 25.3. The highest BCUT2D eigenvalue weighted by Gasteiger charge is 2.64. The van der Waals surface area contributed by atoms with Gasteiger partial charge in [-0.25, -0.2) is 4.79 Å². The van der Waals surface area contributed by atoms with Gasteiger partial charge in [-0.05, 0) is 17.7 Å². The van der Waals surface area contributed by atoms with E-state index in [0.717, 1.165) is 48.5 Å². The second kappa shape index (κ2) is 32.0. The monoisotopic (exact) mass is 1350 g/mol. The highest BCUT2D eigenvalue weighted by atomic mass is 16.8. The fraction of sp³-hybridized carbons (Fsp3) is 0.515. The lowest BCUT2D eigenvalue weighted by Gasteiger charge is -2.54. The summed E-state index contributed by atoms with van der Waals surface area (Å²) < 4.78 is 125. The van der Waals surface area contributed by atoms with Gasteiger partial charge in [0.25, 0.3) is 0 Å². The first-order valence-corrected chi connectivity index (χ1v) is 30.7. The van der Waals surface area contributed by atoms with Gasteiger partial charge in [0.05, 0.1) is 25.4 Å². The van der Waals surface area contributed by atoms with E-state index in [-0.39, 0.29) is 25.4 Å². The first kappa shape index (κ1) is 70.9. The summed E-state index contributed by atoms with van der Waals surface area (Å²) in [6.45, 7) is 4.77. The Kier molecular flexibility index (Phi) is 23.6. The number of carbonyl (C=O) groups excluding carboxylic acids is 8. The SMILES string of the molecule is CC(=O)OCC1O[C@@H](O[C@@H]2C(OC(C)=O)[C@H](O[C@@H]3C(OC(=O)c4ccccc4)[C@H](O[C@H]4[C@@H]5OC(c6ccccc6)OCC5O[C@@H](OCc5ccccc5)C4(O)O)OC4COC(c5ccccc5)O[C@H]43)OC(COC(C)=O)[C@H]2OC(C)=O)C(OC(C)=O)[C@@H](OC(C)=O)[C@@H]1OC(C)=O. The van der Waals surface area contributed by atoms with Gasteiger partial charge in [-0.15, -0.1) is 0 Å². The largest absolute Gasteiger partial charge is 0.463 e. The Morgan fingerprint density at radius 2 is 0.823 bits per heavy atom. The van der Waals surface area contributed by atoms with Crippen LogP contribution < -0.4 is 0 Å². The summed E-state index contributed by atoms with van der Waals surface area (Å²) in [7, 11) is 0. The maximum absolute atomic E-state index is 14.9. The standard InChI is InChI=1S/C66H74O30/c1-33(67)77-29-44-48(82-35(3)69)52(84-37(5)71)55(85-38(6)72)62(87-44)94-53-49(83-36(4)70)45(30-78-34(2)68)88-63(56(53)86-39(7)73)95-54-50-46(31-79-60(92-50)42-24-16-10-17-25-42)89-64(57(54)91-59(74)41-22-14-9-15-23-41)96-58-51-47(32-80-61(93-51)43-26-18-11-19-27-43)90-65(66(58,75)76)81-28-40-20-12-8-13-21-40/h8-27,44-58,60-65,75-76H,28-32H2,1-7H3/t44?,45?,46?,47?,48-,49-,50-,51-,52+,53+,54+,55?,56?,57?,58+,60?,61?,62+,63+,64+,65-/m1/s1. The van der Waals surface area contributed by atoms with E-state index in [0.29, 0.717) is 16.7 Å². The van der Waals surface area contributed by atoms with Crippen molar-refractivity contribution in [3.8, 4) is 0 Å². The van der Waals surface area contributed by atoms with Crippen molar-refractivity contribution in [3.63, 3.8) is 0 Å². The van der Waals surface area contributed by atoms with Crippen molar-refractivity contribution in [2.75, 3.05) is 26.4 Å². The molecule has 9 unspecified atom stereocenters. The van der Waals surface area contributed by atoms with E-state index in [9.17, 15) is 48.6 Å². The molecule has 96 heavy (non-hydrogen) atoms. The Hall–Kier alpha value is -7.92. The number of hydrogen-bond acceptors (Lipinski definition) is 30. The summed E-state index contributed by atoms with van der Waals surface area (Å²) in [6.07, 6.45) is -36.6. The van der Waals surface area contributed by atoms with Crippen LogP contribution in [-0.2, 0) is 135 Å². The summed E-state index contributed by atoms with van der Waals surface area (Å²) in [6, 6.07) is 33.7. The van der Waals surface area contributed by atoms with Crippen LogP contribution in [-0.4, -0.2) is 207 Å². The average Bonchev–Trinajstić information content (AvgIpc) is 0.750. The Balaban J connectivity index is 1.11. The average molecular weight is 1350 g/mol. The molecule has 0 bridgehead atoms. The highest BCUT2D eigenvalue weighted by molar-refractivity contribution is 5.89. The molecule has 30 heteroatoms. The molecule has 0 radical (unpaired) electrons. The molecule has 0 amide bonds. The Labute approximate surface area is 549 Å². The van der Waals surface area contributed by atoms with Crippen LogP contribution in [0.3, 0.4) is 0 Å². The molecule has 0 spiro atoms. The molecular weight excluding hydrogens is 1270 g/mol. The third kappa shape index (κ3) is 17.4. The predicted octanol–water partition coefficient (Wildman–Crippen LogP) is 3.18. The topological polar surface area (TPSA) is 362 Å². The van der Waals surface area contributed by atoms with Gasteiger partial charge < -0.3 is 105 Å². The first-order valence-electron chi connectivity index (χ1n) is 30.7. The molecule has 6 aliphatic rings. The minimum absolute atomic E-state index is 0.0273. The number of rotatable bonds is 22. The summed E-state index contributed by atoms with van der Waals surface area (Å²) in [4.78, 5) is 106. The molecule has 2 N–H and O–H groups in total. The lowest BCUT2D eigenvalue weighted by atomic mass is 9.93. The van der Waals surface area contributed by atoms with Crippen LogP contribution >= 0.6 is 0 Å². The van der Waals surface area contributed by atoms with Crippen molar-refractivity contribution < 1.29 is 143 Å². The van der Waals surface area contributed by atoms with E-state index < -0.39 is 196 Å². The quantitative estimate of drug-likeness (QED) is 0.0648. The van der Waals surface area contributed by atoms with Crippen LogP contribution in [0.25, 0.3) is 0 Å². The van der Waals surface area contributed by atoms with E-state index in [1.807, 2.05) is 0 Å². The fourth-order valence-electron chi connectivity index (χ4n) is 11.8. The zero-order chi connectivity index (χ0) is 68.4. The number of esters is 8. The van der Waals surface area contributed by atoms with Gasteiger partial charge in [-0.3, -0.25) is 33.6 Å². The number of hydrogen-bond donors (Lipinski definition) is 2. The Bertz CT molecular complexity index is 3300. The number of benzene rings is 4. The second-order valence-corrected chi connectivity index (χ2v) is 23.0. The molecule has 6 heterocycles. The summed E-state index contributed by atoms with van der Waals surface area (Å²) in [5.74, 6) is -11.0. The molecule has 4 aromatic carbocycles. The number of ether oxygens (including phenoxy) is 20. The molecule has 0 aromatic heterocycles. The lowest BCUT2D eigenvalue weighted by Crippen LogP contribution is -2.72. The van der Waals surface area contributed by atoms with Crippen LogP contribution in [0.15, 0.2) is 121 Å². The van der Waals surface area contributed by atoms with Gasteiger partial charge in [0.15, 0.2) is 68.1 Å². The van der Waals surface area contributed by atoms with Gasteiger partial charge >= 0.3 is 47.8 Å². The minimum atomic E-state index is -3.18. The van der Waals surface area contributed by atoms with Gasteiger partial charge in [0.1, 0.15) is 68.1 Å². The van der Waals surface area contributed by atoms with Crippen molar-refractivity contribution in [2.24, 2.45) is 0 Å². The molecular formula is C66H74O30. The van der Waals surface area contributed by atoms with Crippen LogP contribution in [0.2, 0.25) is 0 Å². The Morgan fingerprint density at radius 1 is 0.417 bits per heavy atom. The van der Waals surface area contributed by atoms with E-state index in [2.05, 4.69) is 0 Å². The van der Waals surface area contributed by atoms with Gasteiger partial charge in [0.2, 0.25) is 12.1 Å². The molecule has 21 atom stereocenters. The molecule has 518 valence electrons. The van der Waals surface area contributed by atoms with Crippen LogP contribution in [0, 0.1) is 0 Å². The fourth-order valence-corrected chi connectivity index (χ4v) is 11.8. The molecule has 10 rings (SSSR count). The van der Waals surface area contributed by atoms with Crippen molar-refractivity contribution in [2.45, 2.75) is 190 Å². The van der Waals surface area contributed by atoms with Gasteiger partial charge in [0, 0.05) is 59.6 Å². The highest BCUT2D eigenvalue weighted by Crippen LogP contribution is 2.45. The summed E-state index contributed by atoms with van der Waals surface area (Å²) >= 11 is 0. The van der Waals surface area contributed by atoms with Crippen molar-refractivity contribution in [1.82, 2.24) is 0 Å². The third-order valence-electron chi connectivity index (χ3n) is 15.8. The van der Waals surface area contributed by atoms with Gasteiger partial charge in [-0.2, -0.15) is 0 Å². The van der Waals surface area contributed by atoms with Gasteiger partial charge in [-0.1, -0.05) is 109 Å². The van der Waals surface area contributed by atoms with Crippen molar-refractivity contribution >= 4 is 47.8 Å². The zero-order valence-corrected chi connectivity index (χ0v) is 53.0. The maximum atomic E-state index is 14.9. The molecule has 0 saturated carbocycles. The molecule has 0 aliphatic carbocycles. The van der Waals surface area contributed by atoms with E-state index >= 15 is 0 Å². The molecule has 4 aromatic rings. The van der Waals surface area contributed by atoms with Crippen LogP contribution in [0.4, 0.5) is 0 Å². The Morgan fingerprint density at radius 3 is 1.32 bits per heavy atom. The summed E-state index contributed by atoms with van der Waals surface area (Å²) in [5.41, 5.74) is 1.60. The first-order chi connectivity index (χ1) is 46.0. The lowest BCUT2D eigenvalue weighted by molar-refractivity contribution is -0.460. The molecule has 6 aliphatic heterocycles. The third-order valence-corrected chi connectivity index (χ3v) is 15.8. The zero-order valence-electron chi connectivity index (χ0n) is 53.0. The second-order valence-electron chi connectivity index (χ2n) is 23.0. The molecule has 6 fully saturated rings. The van der Waals surface area contributed by atoms with E-state index in [4.69, 9.17) is 94.7 Å². The molecule has 6 saturated heterocycles. The van der Waals surface area contributed by atoms with E-state index in [1.165, 1.54) is 12.1 Å². The van der Waals surface area contributed by atoms with Crippen LogP contribution in [0.5, 0.6) is 0 Å². The van der Waals surface area contributed by atoms with Crippen molar-refractivity contribution in [3.05, 3.63) is 144 Å². The van der Waals surface area contributed by atoms with Crippen molar-refractivity contribution in [1.29, 1.82) is 0 Å². The van der Waals surface area contributed by atoms with Crippen LogP contribution in [0.1, 0.15) is 88.1 Å².